The molecule has 33 heavy (non-hydrogen) atoms. The van der Waals surface area contributed by atoms with Crippen LogP contribution in [0, 0.1) is 6.92 Å². The molecule has 4 rings (SSSR count). The molecule has 174 valence electrons. The topological polar surface area (TPSA) is 102 Å². The summed E-state index contributed by atoms with van der Waals surface area (Å²) in [5.74, 6) is -0.0352. The van der Waals surface area contributed by atoms with Gasteiger partial charge in [-0.15, -0.1) is 0 Å². The number of sulfonamides is 1. The lowest BCUT2D eigenvalue weighted by Crippen LogP contribution is -2.33. The number of fused-ring (bicyclic) bond motifs is 1. The predicted molar refractivity (Wildman–Crippen MR) is 123 cm³/mol. The standard InChI is InChI=1S/C23H24ClN3O5S/c1-15-6-8-16(9-7-15)32-22-11-10-17(12-19(22)24)33(30,31)26(2)20-4-3-5-21-18(20)13-25-27(21)14-23(28)29/h6-13,20H,3-5,14H2,1-2H3,(H,28,29)/t20-/m1/s1. The van der Waals surface area contributed by atoms with Crippen LogP contribution in [0.1, 0.15) is 35.7 Å². The molecule has 1 aliphatic rings. The minimum atomic E-state index is -3.87. The highest BCUT2D eigenvalue weighted by atomic mass is 35.5. The maximum absolute atomic E-state index is 13.4. The Balaban J connectivity index is 1.58. The molecule has 0 saturated heterocycles. The number of halogens is 1. The fourth-order valence-electron chi connectivity index (χ4n) is 4.03. The van der Waals surface area contributed by atoms with E-state index >= 15 is 0 Å². The molecule has 0 aliphatic heterocycles. The molecule has 1 aliphatic carbocycles. The van der Waals surface area contributed by atoms with Crippen LogP contribution in [0.3, 0.4) is 0 Å². The number of carbonyl (C=O) groups is 1. The van der Waals surface area contributed by atoms with E-state index < -0.39 is 22.0 Å². The van der Waals surface area contributed by atoms with Gasteiger partial charge in [-0.25, -0.2) is 8.42 Å². The highest BCUT2D eigenvalue weighted by Gasteiger charge is 2.34. The Hall–Kier alpha value is -2.88. The average molecular weight is 490 g/mol. The van der Waals surface area contributed by atoms with E-state index in [1.54, 1.807) is 12.3 Å². The maximum Gasteiger partial charge on any atom is 0.325 e. The summed E-state index contributed by atoms with van der Waals surface area (Å²) in [6, 6.07) is 11.4. The van der Waals surface area contributed by atoms with E-state index in [9.17, 15) is 13.2 Å². The molecule has 0 saturated carbocycles. The summed E-state index contributed by atoms with van der Waals surface area (Å²) in [4.78, 5) is 11.2. The summed E-state index contributed by atoms with van der Waals surface area (Å²) in [5, 5.41) is 13.5. The lowest BCUT2D eigenvalue weighted by atomic mass is 9.93. The molecular formula is C23H24ClN3O5S. The van der Waals surface area contributed by atoms with Crippen molar-refractivity contribution in [1.82, 2.24) is 14.1 Å². The number of nitrogens with zero attached hydrogens (tertiary/aromatic N) is 3. The summed E-state index contributed by atoms with van der Waals surface area (Å²) < 4.78 is 35.3. The molecule has 0 spiro atoms. The third-order valence-electron chi connectivity index (χ3n) is 5.78. The van der Waals surface area contributed by atoms with Crippen LogP contribution < -0.4 is 4.74 Å². The second-order valence-electron chi connectivity index (χ2n) is 8.03. The second kappa shape index (κ2) is 9.17. The van der Waals surface area contributed by atoms with Gasteiger partial charge in [0.1, 0.15) is 18.0 Å². The van der Waals surface area contributed by atoms with Crippen molar-refractivity contribution in [3.8, 4) is 11.5 Å². The van der Waals surface area contributed by atoms with Crippen molar-refractivity contribution >= 4 is 27.6 Å². The molecule has 1 heterocycles. The number of carboxylic acid groups (broad SMARTS) is 1. The van der Waals surface area contributed by atoms with Gasteiger partial charge in [0.25, 0.3) is 0 Å². The maximum atomic E-state index is 13.4. The van der Waals surface area contributed by atoms with E-state index in [0.29, 0.717) is 24.3 Å². The molecule has 1 aromatic heterocycles. The van der Waals surface area contributed by atoms with Gasteiger partial charge in [-0.2, -0.15) is 9.40 Å². The van der Waals surface area contributed by atoms with Crippen molar-refractivity contribution < 1.29 is 23.1 Å². The van der Waals surface area contributed by atoms with E-state index in [1.807, 2.05) is 31.2 Å². The number of aryl methyl sites for hydroxylation is 1. The fraction of sp³-hybridized carbons (Fsp3) is 0.304. The SMILES string of the molecule is Cc1ccc(Oc2ccc(S(=O)(=O)N(C)[C@@H]3CCCc4c3cnn4CC(=O)O)cc2Cl)cc1. The normalized spacial score (nSPS) is 15.9. The first-order valence-corrected chi connectivity index (χ1v) is 12.3. The first kappa shape index (κ1) is 23.3. The van der Waals surface area contributed by atoms with Gasteiger partial charge < -0.3 is 9.84 Å². The molecule has 3 aromatic rings. The molecule has 1 N–H and O–H groups in total. The number of aromatic nitrogens is 2. The number of hydrogen-bond donors (Lipinski definition) is 1. The molecule has 2 aromatic carbocycles. The van der Waals surface area contributed by atoms with E-state index in [-0.39, 0.29) is 16.5 Å². The largest absolute Gasteiger partial charge is 0.480 e. The van der Waals surface area contributed by atoms with Crippen LogP contribution in [0.25, 0.3) is 0 Å². The van der Waals surface area contributed by atoms with Crippen molar-refractivity contribution in [2.45, 2.75) is 43.7 Å². The molecule has 0 radical (unpaired) electrons. The van der Waals surface area contributed by atoms with E-state index in [0.717, 1.165) is 23.2 Å². The minimum Gasteiger partial charge on any atom is -0.480 e. The van der Waals surface area contributed by atoms with Crippen LogP contribution in [-0.2, 0) is 27.8 Å². The first-order chi connectivity index (χ1) is 15.7. The Morgan fingerprint density at radius 3 is 2.67 bits per heavy atom. The molecule has 0 fully saturated rings. The Bertz CT molecular complexity index is 1290. The Morgan fingerprint density at radius 1 is 1.27 bits per heavy atom. The summed E-state index contributed by atoms with van der Waals surface area (Å²) in [7, 11) is -2.35. The highest BCUT2D eigenvalue weighted by Crippen LogP contribution is 2.38. The van der Waals surface area contributed by atoms with Crippen molar-refractivity contribution in [2.24, 2.45) is 0 Å². The van der Waals surface area contributed by atoms with Crippen molar-refractivity contribution in [3.63, 3.8) is 0 Å². The van der Waals surface area contributed by atoms with E-state index in [4.69, 9.17) is 21.4 Å². The molecule has 0 amide bonds. The second-order valence-corrected chi connectivity index (χ2v) is 10.4. The van der Waals surface area contributed by atoms with Gasteiger partial charge in [-0.3, -0.25) is 9.48 Å². The van der Waals surface area contributed by atoms with Crippen molar-refractivity contribution in [2.75, 3.05) is 7.05 Å². The van der Waals surface area contributed by atoms with Crippen LogP contribution in [0.5, 0.6) is 11.5 Å². The number of ether oxygens (including phenoxy) is 1. The van der Waals surface area contributed by atoms with Crippen LogP contribution in [0.2, 0.25) is 5.02 Å². The summed E-state index contributed by atoms with van der Waals surface area (Å²) in [6.07, 6.45) is 3.57. The van der Waals surface area contributed by atoms with Crippen molar-refractivity contribution in [1.29, 1.82) is 0 Å². The summed E-state index contributed by atoms with van der Waals surface area (Å²) in [5.41, 5.74) is 2.59. The third kappa shape index (κ3) is 4.75. The van der Waals surface area contributed by atoms with Gasteiger partial charge in [0.2, 0.25) is 10.0 Å². The number of aliphatic carboxylic acids is 1. The van der Waals surface area contributed by atoms with Gasteiger partial charge >= 0.3 is 5.97 Å². The van der Waals surface area contributed by atoms with Crippen molar-refractivity contribution in [3.05, 3.63) is 70.5 Å². The molecular weight excluding hydrogens is 466 g/mol. The zero-order valence-corrected chi connectivity index (χ0v) is 19.8. The van der Waals surface area contributed by atoms with Crippen LogP contribution in [-0.4, -0.2) is 40.6 Å². The van der Waals surface area contributed by atoms with E-state index in [2.05, 4.69) is 5.10 Å². The van der Waals surface area contributed by atoms with Gasteiger partial charge in [0, 0.05) is 18.3 Å². The summed E-state index contributed by atoms with van der Waals surface area (Å²) >= 11 is 6.36. The smallest absolute Gasteiger partial charge is 0.325 e. The predicted octanol–water partition coefficient (Wildman–Crippen LogP) is 4.42. The molecule has 0 bridgehead atoms. The van der Waals surface area contributed by atoms with E-state index in [1.165, 1.54) is 28.2 Å². The third-order valence-corrected chi connectivity index (χ3v) is 7.94. The van der Waals surface area contributed by atoms with Gasteiger partial charge in [0.15, 0.2) is 0 Å². The minimum absolute atomic E-state index is 0.0521. The monoisotopic (exact) mass is 489 g/mol. The lowest BCUT2D eigenvalue weighted by molar-refractivity contribution is -0.137. The molecule has 8 nitrogen and oxygen atoms in total. The number of rotatable bonds is 7. The number of carboxylic acids is 1. The first-order valence-electron chi connectivity index (χ1n) is 10.5. The Kier molecular flexibility index (Phi) is 6.47. The van der Waals surface area contributed by atoms with Gasteiger partial charge in [-0.05, 0) is 56.5 Å². The number of benzene rings is 2. The van der Waals surface area contributed by atoms with Crippen LogP contribution in [0.15, 0.2) is 53.6 Å². The lowest BCUT2D eigenvalue weighted by Gasteiger charge is -2.31. The zero-order chi connectivity index (χ0) is 23.8. The van der Waals surface area contributed by atoms with Crippen LogP contribution >= 0.6 is 11.6 Å². The quantitative estimate of drug-likeness (QED) is 0.527. The molecule has 1 atom stereocenters. The Morgan fingerprint density at radius 2 is 2.00 bits per heavy atom. The molecule has 10 heteroatoms. The Labute approximate surface area is 197 Å². The highest BCUT2D eigenvalue weighted by molar-refractivity contribution is 7.89. The van der Waals surface area contributed by atoms with Gasteiger partial charge in [-0.1, -0.05) is 29.3 Å². The fourth-order valence-corrected chi connectivity index (χ4v) is 5.71. The van der Waals surface area contributed by atoms with Crippen LogP contribution in [0.4, 0.5) is 0 Å². The van der Waals surface area contributed by atoms with Gasteiger partial charge in [0.05, 0.1) is 22.2 Å². The number of hydrogen-bond acceptors (Lipinski definition) is 5. The zero-order valence-electron chi connectivity index (χ0n) is 18.2. The average Bonchev–Trinajstić information content (AvgIpc) is 3.18. The molecule has 0 unspecified atom stereocenters. The summed E-state index contributed by atoms with van der Waals surface area (Å²) in [6.45, 7) is 1.72.